The van der Waals surface area contributed by atoms with Crippen molar-refractivity contribution in [3.8, 4) is 0 Å². The SMILES string of the molecule is C[C@]12C=CC(=O)C=C1CC[C@@H]1C2=CC[C@]2(C)[C@@H]1CC[C@]2(C)O. The third kappa shape index (κ3) is 1.62. The second-order valence-electron chi connectivity index (χ2n) is 8.45. The Morgan fingerprint density at radius 2 is 2.00 bits per heavy atom. The van der Waals surface area contributed by atoms with Crippen LogP contribution >= 0.6 is 0 Å². The van der Waals surface area contributed by atoms with Crippen molar-refractivity contribution in [3.63, 3.8) is 0 Å². The maximum absolute atomic E-state index is 11.7. The van der Waals surface area contributed by atoms with Gasteiger partial charge >= 0.3 is 0 Å². The fourth-order valence-corrected chi connectivity index (χ4v) is 5.75. The molecule has 4 rings (SSSR count). The van der Waals surface area contributed by atoms with Crippen LogP contribution in [0.1, 0.15) is 52.9 Å². The van der Waals surface area contributed by atoms with Crippen LogP contribution in [-0.4, -0.2) is 16.5 Å². The van der Waals surface area contributed by atoms with Crippen LogP contribution in [0.5, 0.6) is 0 Å². The minimum absolute atomic E-state index is 0.00689. The van der Waals surface area contributed by atoms with Gasteiger partial charge < -0.3 is 5.11 Å². The molecular weight excluding hydrogens is 272 g/mol. The van der Waals surface area contributed by atoms with Gasteiger partial charge in [0, 0.05) is 10.8 Å². The van der Waals surface area contributed by atoms with E-state index in [1.165, 1.54) is 11.1 Å². The van der Waals surface area contributed by atoms with Crippen LogP contribution in [0.15, 0.2) is 35.5 Å². The third-order valence-electron chi connectivity index (χ3n) is 7.51. The average molecular weight is 298 g/mol. The molecule has 22 heavy (non-hydrogen) atoms. The fraction of sp³-hybridized carbons (Fsp3) is 0.650. The van der Waals surface area contributed by atoms with Crippen molar-refractivity contribution in [1.29, 1.82) is 0 Å². The number of allylic oxidation sites excluding steroid dienone is 6. The van der Waals surface area contributed by atoms with Gasteiger partial charge in [-0.25, -0.2) is 0 Å². The molecule has 0 aromatic heterocycles. The van der Waals surface area contributed by atoms with Gasteiger partial charge in [-0.15, -0.1) is 0 Å². The summed E-state index contributed by atoms with van der Waals surface area (Å²) in [5.74, 6) is 1.27. The zero-order valence-corrected chi connectivity index (χ0v) is 13.9. The van der Waals surface area contributed by atoms with E-state index in [4.69, 9.17) is 0 Å². The molecule has 0 radical (unpaired) electrons. The number of hydrogen-bond donors (Lipinski definition) is 1. The molecule has 0 unspecified atom stereocenters. The molecule has 2 fully saturated rings. The number of carbonyl (C=O) groups is 1. The highest BCUT2D eigenvalue weighted by atomic mass is 16.3. The first-order chi connectivity index (χ1) is 10.3. The zero-order chi connectivity index (χ0) is 15.8. The quantitative estimate of drug-likeness (QED) is 0.687. The Morgan fingerprint density at radius 1 is 1.23 bits per heavy atom. The van der Waals surface area contributed by atoms with Crippen LogP contribution in [0, 0.1) is 22.7 Å². The number of aliphatic hydroxyl groups is 1. The van der Waals surface area contributed by atoms with E-state index in [1.807, 2.05) is 13.0 Å². The van der Waals surface area contributed by atoms with Crippen molar-refractivity contribution in [2.24, 2.45) is 22.7 Å². The molecule has 2 heteroatoms. The monoisotopic (exact) mass is 298 g/mol. The van der Waals surface area contributed by atoms with Crippen molar-refractivity contribution in [1.82, 2.24) is 0 Å². The second kappa shape index (κ2) is 4.23. The number of hydrogen-bond acceptors (Lipinski definition) is 2. The van der Waals surface area contributed by atoms with E-state index in [2.05, 4.69) is 26.0 Å². The van der Waals surface area contributed by atoms with Crippen molar-refractivity contribution >= 4 is 5.78 Å². The molecule has 4 aliphatic carbocycles. The summed E-state index contributed by atoms with van der Waals surface area (Å²) in [4.78, 5) is 11.7. The smallest absolute Gasteiger partial charge is 0.178 e. The van der Waals surface area contributed by atoms with E-state index in [0.29, 0.717) is 11.8 Å². The highest BCUT2D eigenvalue weighted by molar-refractivity contribution is 6.01. The molecule has 118 valence electrons. The molecule has 5 atom stereocenters. The number of rotatable bonds is 0. The molecule has 4 aliphatic rings. The largest absolute Gasteiger partial charge is 0.390 e. The van der Waals surface area contributed by atoms with E-state index in [0.717, 1.165) is 32.1 Å². The van der Waals surface area contributed by atoms with Gasteiger partial charge in [0.05, 0.1) is 5.60 Å². The van der Waals surface area contributed by atoms with Crippen LogP contribution < -0.4 is 0 Å². The molecule has 2 saturated carbocycles. The summed E-state index contributed by atoms with van der Waals surface area (Å²) < 4.78 is 0. The summed E-state index contributed by atoms with van der Waals surface area (Å²) in [5.41, 5.74) is 2.19. The average Bonchev–Trinajstić information content (AvgIpc) is 2.70. The van der Waals surface area contributed by atoms with Gasteiger partial charge in [-0.05, 0) is 69.9 Å². The number of carbonyl (C=O) groups excluding carboxylic acids is 1. The van der Waals surface area contributed by atoms with E-state index >= 15 is 0 Å². The van der Waals surface area contributed by atoms with Gasteiger partial charge in [-0.3, -0.25) is 4.79 Å². The Balaban J connectivity index is 1.79. The van der Waals surface area contributed by atoms with Gasteiger partial charge in [-0.1, -0.05) is 30.2 Å². The van der Waals surface area contributed by atoms with Gasteiger partial charge in [0.25, 0.3) is 0 Å². The number of fused-ring (bicyclic) bond motifs is 5. The van der Waals surface area contributed by atoms with Crippen LogP contribution in [-0.2, 0) is 4.79 Å². The Kier molecular flexibility index (Phi) is 2.77. The first kappa shape index (κ1) is 14.4. The van der Waals surface area contributed by atoms with Crippen LogP contribution in [0.4, 0.5) is 0 Å². The molecule has 0 aromatic rings. The lowest BCUT2D eigenvalue weighted by atomic mass is 9.52. The molecule has 2 nitrogen and oxygen atoms in total. The molecule has 0 aromatic carbocycles. The fourth-order valence-electron chi connectivity index (χ4n) is 5.75. The van der Waals surface area contributed by atoms with Crippen molar-refractivity contribution < 1.29 is 9.90 Å². The third-order valence-corrected chi connectivity index (χ3v) is 7.51. The molecule has 0 spiro atoms. The van der Waals surface area contributed by atoms with Crippen LogP contribution in [0.2, 0.25) is 0 Å². The van der Waals surface area contributed by atoms with Gasteiger partial charge in [0.2, 0.25) is 0 Å². The maximum Gasteiger partial charge on any atom is 0.178 e. The summed E-state index contributed by atoms with van der Waals surface area (Å²) in [5, 5.41) is 10.9. The lowest BCUT2D eigenvalue weighted by molar-refractivity contribution is -0.110. The first-order valence-electron chi connectivity index (χ1n) is 8.65. The Labute approximate surface area is 133 Å². The van der Waals surface area contributed by atoms with E-state index in [9.17, 15) is 9.90 Å². The summed E-state index contributed by atoms with van der Waals surface area (Å²) in [6, 6.07) is 0. The lowest BCUT2D eigenvalue weighted by Gasteiger charge is -2.53. The highest BCUT2D eigenvalue weighted by Crippen LogP contribution is 2.64. The standard InChI is InChI=1S/C20H26O2/c1-18-9-6-14(21)12-13(18)4-5-15-16(18)7-10-19(2)17(15)8-11-20(19,3)22/h6-7,9,12,15,17,22H,4-5,8,10-11H2,1-3H3/t15-,17-,18+,19-,20+/m1/s1. The molecule has 0 amide bonds. The molecule has 0 heterocycles. The maximum atomic E-state index is 11.7. The summed E-state index contributed by atoms with van der Waals surface area (Å²) in [6.07, 6.45) is 13.3. The second-order valence-corrected chi connectivity index (χ2v) is 8.45. The minimum Gasteiger partial charge on any atom is -0.390 e. The predicted molar refractivity (Wildman–Crippen MR) is 87.2 cm³/mol. The zero-order valence-electron chi connectivity index (χ0n) is 13.9. The summed E-state index contributed by atoms with van der Waals surface area (Å²) in [7, 11) is 0. The lowest BCUT2D eigenvalue weighted by Crippen LogP contribution is -2.49. The molecule has 0 bridgehead atoms. The van der Waals surface area contributed by atoms with Crippen LogP contribution in [0.25, 0.3) is 0 Å². The first-order valence-corrected chi connectivity index (χ1v) is 8.65. The van der Waals surface area contributed by atoms with E-state index in [1.54, 1.807) is 6.08 Å². The summed E-state index contributed by atoms with van der Waals surface area (Å²) in [6.45, 7) is 6.59. The minimum atomic E-state index is -0.547. The van der Waals surface area contributed by atoms with Crippen LogP contribution in [0.3, 0.4) is 0 Å². The topological polar surface area (TPSA) is 37.3 Å². The molecule has 1 N–H and O–H groups in total. The van der Waals surface area contributed by atoms with Gasteiger partial charge in [0.1, 0.15) is 0 Å². The Bertz CT molecular complexity index is 636. The van der Waals surface area contributed by atoms with Crippen molar-refractivity contribution in [3.05, 3.63) is 35.5 Å². The molecule has 0 aliphatic heterocycles. The summed E-state index contributed by atoms with van der Waals surface area (Å²) >= 11 is 0. The van der Waals surface area contributed by atoms with Crippen molar-refractivity contribution in [2.45, 2.75) is 58.5 Å². The van der Waals surface area contributed by atoms with E-state index in [-0.39, 0.29) is 16.6 Å². The Hall–Kier alpha value is -1.15. The van der Waals surface area contributed by atoms with Gasteiger partial charge in [0.15, 0.2) is 5.78 Å². The normalized spacial score (nSPS) is 49.9. The molecule has 0 saturated heterocycles. The highest BCUT2D eigenvalue weighted by Gasteiger charge is 2.59. The predicted octanol–water partition coefficient (Wildman–Crippen LogP) is 3.97. The van der Waals surface area contributed by atoms with E-state index < -0.39 is 5.60 Å². The number of ketones is 1. The Morgan fingerprint density at radius 3 is 2.77 bits per heavy atom. The molecular formula is C20H26O2. The van der Waals surface area contributed by atoms with Gasteiger partial charge in [-0.2, -0.15) is 0 Å². The van der Waals surface area contributed by atoms with Crippen molar-refractivity contribution in [2.75, 3.05) is 0 Å².